The van der Waals surface area contributed by atoms with Crippen molar-refractivity contribution in [3.8, 4) is 44.5 Å². The summed E-state index contributed by atoms with van der Waals surface area (Å²) in [5.74, 6) is -0.290. The number of halogens is 7. The molecule has 6 aromatic rings. The molecule has 0 saturated heterocycles. The Morgan fingerprint density at radius 3 is 1.02 bits per heavy atom. The standard InChI is InChI=1S/C36H21F7/c37-34-15-13-23(14-16-34)22-1-3-24(4-2-22)28-11-9-26-10-12-29(18-30(26)17-28)25-5-7-27(8-6-25)31-19-32(35(38,39)40)21-33(20-31)36(41,42)43/h1-21H. The van der Waals surface area contributed by atoms with Gasteiger partial charge in [-0.25, -0.2) is 4.39 Å². The second-order valence-corrected chi connectivity index (χ2v) is 10.2. The summed E-state index contributed by atoms with van der Waals surface area (Å²) in [6.45, 7) is 0. The Bertz CT molecular complexity index is 1880. The molecular formula is C36H21F7. The molecule has 0 amide bonds. The summed E-state index contributed by atoms with van der Waals surface area (Å²) in [4.78, 5) is 0. The Kier molecular flexibility index (Phi) is 7.04. The lowest BCUT2D eigenvalue weighted by Gasteiger charge is -2.14. The predicted octanol–water partition coefficient (Wildman–Crippen LogP) is 11.7. The first-order valence-electron chi connectivity index (χ1n) is 13.2. The number of alkyl halides is 6. The summed E-state index contributed by atoms with van der Waals surface area (Å²) in [5, 5.41) is 1.98. The van der Waals surface area contributed by atoms with Crippen LogP contribution in [0.15, 0.2) is 127 Å². The second kappa shape index (κ2) is 10.7. The highest BCUT2D eigenvalue weighted by Crippen LogP contribution is 2.39. The molecule has 0 aromatic heterocycles. The third kappa shape index (κ3) is 6.02. The minimum absolute atomic E-state index is 0.126. The van der Waals surface area contributed by atoms with E-state index in [1.54, 1.807) is 24.3 Å². The van der Waals surface area contributed by atoms with Crippen molar-refractivity contribution in [2.45, 2.75) is 12.4 Å². The Morgan fingerprint density at radius 2 is 0.628 bits per heavy atom. The highest BCUT2D eigenvalue weighted by molar-refractivity contribution is 5.91. The zero-order valence-corrected chi connectivity index (χ0v) is 22.3. The van der Waals surface area contributed by atoms with Gasteiger partial charge in [0.15, 0.2) is 0 Å². The van der Waals surface area contributed by atoms with E-state index in [9.17, 15) is 30.7 Å². The molecular weight excluding hydrogens is 565 g/mol. The molecule has 0 heterocycles. The van der Waals surface area contributed by atoms with Crippen LogP contribution in [0.5, 0.6) is 0 Å². The molecule has 0 aliphatic heterocycles. The maximum absolute atomic E-state index is 13.3. The van der Waals surface area contributed by atoms with Crippen LogP contribution in [0.3, 0.4) is 0 Å². The van der Waals surface area contributed by atoms with Crippen LogP contribution in [-0.2, 0) is 12.4 Å². The Labute approximate surface area is 242 Å². The quantitative estimate of drug-likeness (QED) is 0.180. The van der Waals surface area contributed by atoms with E-state index in [2.05, 4.69) is 6.07 Å². The molecule has 214 valence electrons. The van der Waals surface area contributed by atoms with Crippen LogP contribution in [-0.4, -0.2) is 0 Å². The van der Waals surface area contributed by atoms with Crippen molar-refractivity contribution < 1.29 is 30.7 Å². The Balaban J connectivity index is 1.29. The van der Waals surface area contributed by atoms with E-state index >= 15 is 0 Å². The van der Waals surface area contributed by atoms with Crippen molar-refractivity contribution in [3.63, 3.8) is 0 Å². The average molecular weight is 587 g/mol. The maximum Gasteiger partial charge on any atom is 0.416 e. The largest absolute Gasteiger partial charge is 0.416 e. The predicted molar refractivity (Wildman–Crippen MR) is 156 cm³/mol. The lowest BCUT2D eigenvalue weighted by atomic mass is 9.95. The number of rotatable bonds is 4. The van der Waals surface area contributed by atoms with Gasteiger partial charge in [0.2, 0.25) is 0 Å². The van der Waals surface area contributed by atoms with Gasteiger partial charge in [-0.2, -0.15) is 26.3 Å². The highest BCUT2D eigenvalue weighted by Gasteiger charge is 2.37. The van der Waals surface area contributed by atoms with E-state index in [4.69, 9.17) is 0 Å². The fraction of sp³-hybridized carbons (Fsp3) is 0.0556. The van der Waals surface area contributed by atoms with Gasteiger partial charge in [0.25, 0.3) is 0 Å². The average Bonchev–Trinajstić information content (AvgIpc) is 3.00. The molecule has 0 atom stereocenters. The van der Waals surface area contributed by atoms with Crippen molar-refractivity contribution in [1.29, 1.82) is 0 Å². The zero-order valence-electron chi connectivity index (χ0n) is 22.3. The first kappa shape index (κ1) is 28.2. The molecule has 43 heavy (non-hydrogen) atoms. The summed E-state index contributed by atoms with van der Waals surface area (Å²) in [6.07, 6.45) is -9.82. The minimum Gasteiger partial charge on any atom is -0.207 e. The van der Waals surface area contributed by atoms with Crippen LogP contribution >= 0.6 is 0 Å². The SMILES string of the molecule is Fc1ccc(-c2ccc(-c3ccc4ccc(-c5ccc(-c6cc(C(F)(F)F)cc(C(F)(F)F)c6)cc5)cc4c3)cc2)cc1. The molecule has 0 nitrogen and oxygen atoms in total. The second-order valence-electron chi connectivity index (χ2n) is 10.2. The summed E-state index contributed by atoms with van der Waals surface area (Å²) in [5.41, 5.74) is 2.87. The molecule has 6 rings (SSSR count). The number of fused-ring (bicyclic) bond motifs is 1. The summed E-state index contributed by atoms with van der Waals surface area (Å²) in [7, 11) is 0. The first-order valence-corrected chi connectivity index (χ1v) is 13.2. The maximum atomic E-state index is 13.3. The van der Waals surface area contributed by atoms with Crippen molar-refractivity contribution in [3.05, 3.63) is 144 Å². The van der Waals surface area contributed by atoms with Gasteiger partial charge >= 0.3 is 12.4 Å². The van der Waals surface area contributed by atoms with E-state index < -0.39 is 23.5 Å². The first-order chi connectivity index (χ1) is 20.4. The van der Waals surface area contributed by atoms with Crippen LogP contribution in [0.25, 0.3) is 55.3 Å². The Hall–Kier alpha value is -4.91. The highest BCUT2D eigenvalue weighted by atomic mass is 19.4. The zero-order chi connectivity index (χ0) is 30.4. The van der Waals surface area contributed by atoms with Crippen LogP contribution in [0.1, 0.15) is 11.1 Å². The van der Waals surface area contributed by atoms with E-state index in [-0.39, 0.29) is 23.0 Å². The number of hydrogen-bond acceptors (Lipinski definition) is 0. The molecule has 0 radical (unpaired) electrons. The van der Waals surface area contributed by atoms with Gasteiger partial charge in [0, 0.05) is 0 Å². The van der Waals surface area contributed by atoms with Crippen molar-refractivity contribution in [2.75, 3.05) is 0 Å². The van der Waals surface area contributed by atoms with Gasteiger partial charge in [0.1, 0.15) is 5.82 Å². The van der Waals surface area contributed by atoms with Gasteiger partial charge in [-0.1, -0.05) is 84.9 Å². The third-order valence-corrected chi connectivity index (χ3v) is 7.38. The fourth-order valence-corrected chi connectivity index (χ4v) is 5.08. The van der Waals surface area contributed by atoms with Crippen molar-refractivity contribution in [1.82, 2.24) is 0 Å². The lowest BCUT2D eigenvalue weighted by molar-refractivity contribution is -0.143. The van der Waals surface area contributed by atoms with Crippen LogP contribution in [0.4, 0.5) is 30.7 Å². The van der Waals surface area contributed by atoms with E-state index in [0.29, 0.717) is 0 Å². The summed E-state index contributed by atoms with van der Waals surface area (Å²) < 4.78 is 93.2. The van der Waals surface area contributed by atoms with Gasteiger partial charge in [-0.15, -0.1) is 0 Å². The summed E-state index contributed by atoms with van der Waals surface area (Å²) >= 11 is 0. The third-order valence-electron chi connectivity index (χ3n) is 7.38. The molecule has 6 aromatic carbocycles. The minimum atomic E-state index is -4.91. The molecule has 7 heteroatoms. The molecule has 0 spiro atoms. The van der Waals surface area contributed by atoms with E-state index in [0.717, 1.165) is 56.3 Å². The molecule has 0 aliphatic carbocycles. The van der Waals surface area contributed by atoms with Gasteiger partial charge in [0.05, 0.1) is 11.1 Å². The fourth-order valence-electron chi connectivity index (χ4n) is 5.08. The normalized spacial score (nSPS) is 12.1. The number of benzene rings is 6. The molecule has 0 bridgehead atoms. The molecule has 0 N–H and O–H groups in total. The molecule has 0 unspecified atom stereocenters. The van der Waals surface area contributed by atoms with E-state index in [1.165, 1.54) is 24.3 Å². The van der Waals surface area contributed by atoms with Gasteiger partial charge in [-0.05, 0) is 97.7 Å². The number of hydrogen-bond donors (Lipinski definition) is 0. The van der Waals surface area contributed by atoms with Gasteiger partial charge < -0.3 is 0 Å². The van der Waals surface area contributed by atoms with Crippen molar-refractivity contribution >= 4 is 10.8 Å². The van der Waals surface area contributed by atoms with E-state index in [1.807, 2.05) is 54.6 Å². The lowest BCUT2D eigenvalue weighted by Crippen LogP contribution is -2.11. The smallest absolute Gasteiger partial charge is 0.207 e. The van der Waals surface area contributed by atoms with Crippen LogP contribution in [0.2, 0.25) is 0 Å². The molecule has 0 aliphatic rings. The molecule has 0 fully saturated rings. The van der Waals surface area contributed by atoms with Crippen molar-refractivity contribution in [2.24, 2.45) is 0 Å². The topological polar surface area (TPSA) is 0 Å². The monoisotopic (exact) mass is 586 g/mol. The summed E-state index contributed by atoms with van der Waals surface area (Å²) in [6, 6.07) is 34.2. The molecule has 0 saturated carbocycles. The van der Waals surface area contributed by atoms with Crippen LogP contribution in [0, 0.1) is 5.82 Å². The Morgan fingerprint density at radius 1 is 0.302 bits per heavy atom. The van der Waals surface area contributed by atoms with Crippen LogP contribution < -0.4 is 0 Å². The van der Waals surface area contributed by atoms with Gasteiger partial charge in [-0.3, -0.25) is 0 Å².